The van der Waals surface area contributed by atoms with Crippen molar-refractivity contribution in [2.75, 3.05) is 33.4 Å². The van der Waals surface area contributed by atoms with Gasteiger partial charge in [-0.15, -0.1) is 0 Å². The number of aromatic nitrogens is 2. The fourth-order valence-electron chi connectivity index (χ4n) is 1.68. The van der Waals surface area contributed by atoms with Crippen LogP contribution in [0.2, 0.25) is 0 Å². The van der Waals surface area contributed by atoms with E-state index in [1.807, 2.05) is 24.0 Å². The smallest absolute Gasteiger partial charge is 0.0635 e. The number of hydrogen-bond acceptors (Lipinski definition) is 4. The molecule has 0 N–H and O–H groups in total. The number of nitrogens with zero attached hydrogens (tertiary/aromatic N) is 4. The summed E-state index contributed by atoms with van der Waals surface area (Å²) in [4.78, 5) is 2.25. The van der Waals surface area contributed by atoms with Gasteiger partial charge in [-0.05, 0) is 6.07 Å². The van der Waals surface area contributed by atoms with Gasteiger partial charge in [0.25, 0.3) is 0 Å². The number of rotatable bonds is 8. The second kappa shape index (κ2) is 7.82. The Kier molecular flexibility index (Phi) is 6.30. The Hall–Kier alpha value is -1.38. The monoisotopic (exact) mass is 236 g/mol. The molecular formula is C12H20N4O. The fraction of sp³-hybridized carbons (Fsp3) is 0.667. The number of methoxy groups -OCH3 is 1. The molecule has 5 nitrogen and oxygen atoms in total. The molecule has 1 aromatic heterocycles. The van der Waals surface area contributed by atoms with E-state index < -0.39 is 0 Å². The van der Waals surface area contributed by atoms with Crippen LogP contribution in [0.15, 0.2) is 12.3 Å². The van der Waals surface area contributed by atoms with E-state index >= 15 is 0 Å². The van der Waals surface area contributed by atoms with Gasteiger partial charge in [0.1, 0.15) is 0 Å². The Morgan fingerprint density at radius 1 is 1.47 bits per heavy atom. The lowest BCUT2D eigenvalue weighted by atomic mass is 10.2. The summed E-state index contributed by atoms with van der Waals surface area (Å²) in [6.45, 7) is 3.31. The summed E-state index contributed by atoms with van der Waals surface area (Å²) in [6, 6.07) is 4.21. The highest BCUT2D eigenvalue weighted by Gasteiger charge is 2.06. The average molecular weight is 236 g/mol. The van der Waals surface area contributed by atoms with Gasteiger partial charge in [0.15, 0.2) is 0 Å². The third kappa shape index (κ3) is 4.98. The van der Waals surface area contributed by atoms with Gasteiger partial charge >= 0.3 is 0 Å². The van der Waals surface area contributed by atoms with Gasteiger partial charge in [0, 0.05) is 58.5 Å². The molecule has 0 atom stereocenters. The Bertz CT molecular complexity index is 356. The van der Waals surface area contributed by atoms with Crippen LogP contribution in [0.25, 0.3) is 0 Å². The highest BCUT2D eigenvalue weighted by atomic mass is 16.5. The van der Waals surface area contributed by atoms with Crippen LogP contribution in [0.3, 0.4) is 0 Å². The van der Waals surface area contributed by atoms with E-state index in [1.165, 1.54) is 5.69 Å². The molecule has 1 aromatic rings. The summed E-state index contributed by atoms with van der Waals surface area (Å²) in [6.07, 6.45) is 3.32. The lowest BCUT2D eigenvalue weighted by molar-refractivity contribution is 0.149. The molecule has 0 aliphatic rings. The van der Waals surface area contributed by atoms with E-state index in [1.54, 1.807) is 7.11 Å². The molecule has 0 bridgehead atoms. The molecule has 0 saturated heterocycles. The van der Waals surface area contributed by atoms with Crippen LogP contribution in [-0.4, -0.2) is 48.0 Å². The Balaban J connectivity index is 2.37. The van der Waals surface area contributed by atoms with Crippen molar-refractivity contribution in [3.8, 4) is 6.07 Å². The molecule has 0 fully saturated rings. The van der Waals surface area contributed by atoms with E-state index in [9.17, 15) is 0 Å². The minimum absolute atomic E-state index is 0.565. The van der Waals surface area contributed by atoms with Gasteiger partial charge < -0.3 is 4.74 Å². The van der Waals surface area contributed by atoms with Crippen LogP contribution in [-0.2, 0) is 18.2 Å². The zero-order chi connectivity index (χ0) is 12.5. The lowest BCUT2D eigenvalue weighted by Gasteiger charge is -2.20. The van der Waals surface area contributed by atoms with Crippen LogP contribution in [0.1, 0.15) is 12.1 Å². The minimum Gasteiger partial charge on any atom is -0.383 e. The van der Waals surface area contributed by atoms with Crippen molar-refractivity contribution in [3.05, 3.63) is 18.0 Å². The average Bonchev–Trinajstić information content (AvgIpc) is 2.74. The standard InChI is InChI=1S/C12H20N4O/c1-15-12(4-7-14-15)5-9-16(8-3-6-13)10-11-17-2/h4,7H,3,5,8-11H2,1-2H3. The lowest BCUT2D eigenvalue weighted by Crippen LogP contribution is -2.30. The molecule has 0 spiro atoms. The number of aryl methyl sites for hydroxylation is 1. The molecule has 1 rings (SSSR count). The third-order valence-corrected chi connectivity index (χ3v) is 2.76. The summed E-state index contributed by atoms with van der Waals surface area (Å²) in [5.41, 5.74) is 1.21. The molecule has 5 heteroatoms. The van der Waals surface area contributed by atoms with Gasteiger partial charge in [0.05, 0.1) is 12.7 Å². The van der Waals surface area contributed by atoms with Crippen molar-refractivity contribution >= 4 is 0 Å². The first-order chi connectivity index (χ1) is 8.27. The quantitative estimate of drug-likeness (QED) is 0.670. The predicted octanol–water partition coefficient (Wildman–Crippen LogP) is 0.825. The molecular weight excluding hydrogens is 216 g/mol. The van der Waals surface area contributed by atoms with Crippen LogP contribution in [0.4, 0.5) is 0 Å². The number of nitriles is 1. The summed E-state index contributed by atoms with van der Waals surface area (Å²) >= 11 is 0. The zero-order valence-corrected chi connectivity index (χ0v) is 10.6. The summed E-state index contributed by atoms with van der Waals surface area (Å²) in [5, 5.41) is 12.8. The predicted molar refractivity (Wildman–Crippen MR) is 65.5 cm³/mol. The van der Waals surface area contributed by atoms with Crippen LogP contribution < -0.4 is 0 Å². The van der Waals surface area contributed by atoms with E-state index in [0.717, 1.165) is 26.1 Å². The van der Waals surface area contributed by atoms with Crippen LogP contribution in [0.5, 0.6) is 0 Å². The molecule has 0 saturated carbocycles. The maximum absolute atomic E-state index is 8.61. The van der Waals surface area contributed by atoms with Crippen molar-refractivity contribution in [1.29, 1.82) is 5.26 Å². The van der Waals surface area contributed by atoms with E-state index in [0.29, 0.717) is 13.0 Å². The molecule has 0 radical (unpaired) electrons. The number of ether oxygens (including phenoxy) is 1. The first kappa shape index (κ1) is 13.7. The Morgan fingerprint density at radius 2 is 2.29 bits per heavy atom. The van der Waals surface area contributed by atoms with Crippen molar-refractivity contribution in [2.24, 2.45) is 7.05 Å². The van der Waals surface area contributed by atoms with E-state index in [-0.39, 0.29) is 0 Å². The minimum atomic E-state index is 0.565. The molecule has 17 heavy (non-hydrogen) atoms. The largest absolute Gasteiger partial charge is 0.383 e. The molecule has 1 heterocycles. The molecule has 0 aromatic carbocycles. The summed E-state index contributed by atoms with van der Waals surface area (Å²) in [7, 11) is 3.65. The molecule has 0 unspecified atom stereocenters. The maximum atomic E-state index is 8.61. The van der Waals surface area contributed by atoms with Gasteiger partial charge in [0.2, 0.25) is 0 Å². The first-order valence-electron chi connectivity index (χ1n) is 5.83. The fourth-order valence-corrected chi connectivity index (χ4v) is 1.68. The highest BCUT2D eigenvalue weighted by molar-refractivity contribution is 5.00. The van der Waals surface area contributed by atoms with Crippen molar-refractivity contribution in [3.63, 3.8) is 0 Å². The second-order valence-electron chi connectivity index (χ2n) is 3.94. The van der Waals surface area contributed by atoms with Crippen LogP contribution in [0, 0.1) is 11.3 Å². The number of hydrogen-bond donors (Lipinski definition) is 0. The molecule has 94 valence electrons. The second-order valence-corrected chi connectivity index (χ2v) is 3.94. The van der Waals surface area contributed by atoms with Gasteiger partial charge in [-0.2, -0.15) is 10.4 Å². The zero-order valence-electron chi connectivity index (χ0n) is 10.6. The topological polar surface area (TPSA) is 54.1 Å². The molecule has 0 aliphatic heterocycles. The van der Waals surface area contributed by atoms with Crippen molar-refractivity contribution < 1.29 is 4.74 Å². The van der Waals surface area contributed by atoms with E-state index in [2.05, 4.69) is 16.1 Å². The van der Waals surface area contributed by atoms with E-state index in [4.69, 9.17) is 10.00 Å². The SMILES string of the molecule is COCCN(CCC#N)CCc1ccnn1C. The Labute approximate surface area is 103 Å². The summed E-state index contributed by atoms with van der Waals surface area (Å²) in [5.74, 6) is 0. The summed E-state index contributed by atoms with van der Waals surface area (Å²) < 4.78 is 6.96. The van der Waals surface area contributed by atoms with Gasteiger partial charge in [-0.3, -0.25) is 9.58 Å². The van der Waals surface area contributed by atoms with Gasteiger partial charge in [-0.25, -0.2) is 0 Å². The van der Waals surface area contributed by atoms with Crippen molar-refractivity contribution in [2.45, 2.75) is 12.8 Å². The Morgan fingerprint density at radius 3 is 2.88 bits per heavy atom. The maximum Gasteiger partial charge on any atom is 0.0635 e. The first-order valence-corrected chi connectivity index (χ1v) is 5.83. The molecule has 0 aliphatic carbocycles. The highest BCUT2D eigenvalue weighted by Crippen LogP contribution is 2.00. The van der Waals surface area contributed by atoms with Gasteiger partial charge in [-0.1, -0.05) is 0 Å². The van der Waals surface area contributed by atoms with Crippen LogP contribution >= 0.6 is 0 Å². The van der Waals surface area contributed by atoms with Crippen molar-refractivity contribution in [1.82, 2.24) is 14.7 Å². The third-order valence-electron chi connectivity index (χ3n) is 2.76. The molecule has 0 amide bonds. The normalized spacial score (nSPS) is 10.7.